The van der Waals surface area contributed by atoms with Crippen molar-refractivity contribution in [1.29, 1.82) is 0 Å². The van der Waals surface area contributed by atoms with Crippen molar-refractivity contribution in [3.05, 3.63) is 64.1 Å². The van der Waals surface area contributed by atoms with Crippen LogP contribution < -0.4 is 9.62 Å². The molecule has 0 aromatic heterocycles. The van der Waals surface area contributed by atoms with Gasteiger partial charge in [-0.1, -0.05) is 65.0 Å². The molecule has 1 fully saturated rings. The lowest BCUT2D eigenvalue weighted by Crippen LogP contribution is -2.52. The van der Waals surface area contributed by atoms with Gasteiger partial charge in [-0.25, -0.2) is 8.42 Å². The molecule has 0 radical (unpaired) electrons. The summed E-state index contributed by atoms with van der Waals surface area (Å²) in [5.41, 5.74) is 2.23. The average molecular weight is 565 g/mol. The van der Waals surface area contributed by atoms with Crippen molar-refractivity contribution in [2.24, 2.45) is 0 Å². The molecule has 1 aliphatic rings. The number of rotatable bonds is 9. The summed E-state index contributed by atoms with van der Waals surface area (Å²) in [5.74, 6) is -0.663. The number of nitrogens with zero attached hydrogens (tertiary/aromatic N) is 2. The van der Waals surface area contributed by atoms with Gasteiger partial charge >= 0.3 is 0 Å². The van der Waals surface area contributed by atoms with Crippen LogP contribution >= 0.6 is 15.9 Å². The number of hydrogen-bond donors (Lipinski definition) is 1. The van der Waals surface area contributed by atoms with Crippen LogP contribution in [0.25, 0.3) is 0 Å². The highest BCUT2D eigenvalue weighted by molar-refractivity contribution is 9.10. The molecule has 2 aromatic rings. The SMILES string of the molecule is Cc1ccc(N(CC(=O)N(Cc2cccc(Br)c2)[C@H](C)C(=O)NC2CCCCC2)S(C)(=O)=O)cc1. The third-order valence-electron chi connectivity index (χ3n) is 6.36. The third-order valence-corrected chi connectivity index (χ3v) is 8.00. The quantitative estimate of drug-likeness (QED) is 0.490. The maximum absolute atomic E-state index is 13.6. The fourth-order valence-corrected chi connectivity index (χ4v) is 5.60. The summed E-state index contributed by atoms with van der Waals surface area (Å²) in [7, 11) is -3.73. The van der Waals surface area contributed by atoms with Crippen molar-refractivity contribution in [2.75, 3.05) is 17.1 Å². The summed E-state index contributed by atoms with van der Waals surface area (Å²) in [6.45, 7) is 3.40. The molecule has 1 atom stereocenters. The predicted molar refractivity (Wildman–Crippen MR) is 143 cm³/mol. The lowest BCUT2D eigenvalue weighted by Gasteiger charge is -2.33. The van der Waals surface area contributed by atoms with E-state index in [2.05, 4.69) is 21.2 Å². The maximum atomic E-state index is 13.6. The first-order valence-electron chi connectivity index (χ1n) is 11.9. The Balaban J connectivity index is 1.86. The number of benzene rings is 2. The van der Waals surface area contributed by atoms with Crippen LogP contribution in [0.4, 0.5) is 5.69 Å². The van der Waals surface area contributed by atoms with Crippen molar-refractivity contribution < 1.29 is 18.0 Å². The molecule has 35 heavy (non-hydrogen) atoms. The van der Waals surface area contributed by atoms with E-state index < -0.39 is 28.5 Å². The molecular weight excluding hydrogens is 530 g/mol. The fraction of sp³-hybridized carbons (Fsp3) is 0.462. The Morgan fingerprint density at radius 3 is 2.34 bits per heavy atom. The highest BCUT2D eigenvalue weighted by atomic mass is 79.9. The van der Waals surface area contributed by atoms with Crippen molar-refractivity contribution in [3.8, 4) is 0 Å². The Morgan fingerprint density at radius 2 is 1.74 bits per heavy atom. The highest BCUT2D eigenvalue weighted by Gasteiger charge is 2.31. The smallest absolute Gasteiger partial charge is 0.244 e. The topological polar surface area (TPSA) is 86.8 Å². The van der Waals surface area contributed by atoms with E-state index >= 15 is 0 Å². The van der Waals surface area contributed by atoms with Crippen molar-refractivity contribution in [1.82, 2.24) is 10.2 Å². The molecule has 1 saturated carbocycles. The molecule has 1 aliphatic carbocycles. The van der Waals surface area contributed by atoms with E-state index in [1.54, 1.807) is 31.2 Å². The molecule has 1 N–H and O–H groups in total. The predicted octanol–water partition coefficient (Wildman–Crippen LogP) is 4.39. The van der Waals surface area contributed by atoms with Crippen molar-refractivity contribution in [2.45, 2.75) is 64.6 Å². The third kappa shape index (κ3) is 7.80. The van der Waals surface area contributed by atoms with E-state index in [0.717, 1.165) is 51.8 Å². The van der Waals surface area contributed by atoms with Gasteiger partial charge in [0, 0.05) is 17.1 Å². The number of carbonyl (C=O) groups is 2. The summed E-state index contributed by atoms with van der Waals surface area (Å²) < 4.78 is 27.2. The molecule has 0 spiro atoms. The van der Waals surface area contributed by atoms with Crippen molar-refractivity contribution in [3.63, 3.8) is 0 Å². The first-order valence-corrected chi connectivity index (χ1v) is 14.6. The first kappa shape index (κ1) is 27.2. The van der Waals surface area contributed by atoms with Crippen LogP contribution in [0.15, 0.2) is 53.0 Å². The van der Waals surface area contributed by atoms with Crippen LogP contribution in [-0.4, -0.2) is 50.0 Å². The molecule has 0 aliphatic heterocycles. The van der Waals surface area contributed by atoms with Gasteiger partial charge in [0.25, 0.3) is 0 Å². The largest absolute Gasteiger partial charge is 0.352 e. The molecule has 0 unspecified atom stereocenters. The summed E-state index contributed by atoms with van der Waals surface area (Å²) in [6, 6.07) is 13.8. The maximum Gasteiger partial charge on any atom is 0.244 e. The molecule has 2 aromatic carbocycles. The Hall–Kier alpha value is -2.39. The molecule has 190 valence electrons. The van der Waals surface area contributed by atoms with Gasteiger partial charge in [0.15, 0.2) is 0 Å². The van der Waals surface area contributed by atoms with Crippen LogP contribution in [0.5, 0.6) is 0 Å². The Morgan fingerprint density at radius 1 is 1.09 bits per heavy atom. The molecule has 0 bridgehead atoms. The Labute approximate surface area is 217 Å². The van der Waals surface area contributed by atoms with Crippen LogP contribution in [0.3, 0.4) is 0 Å². The molecule has 9 heteroatoms. The molecule has 3 rings (SSSR count). The second-order valence-corrected chi connectivity index (χ2v) is 12.1. The standard InChI is InChI=1S/C26H34BrN3O4S/c1-19-12-14-24(15-13-19)30(35(3,33)34)18-25(31)29(17-21-8-7-9-22(27)16-21)20(2)26(32)28-23-10-5-4-6-11-23/h7-9,12-16,20,23H,4-6,10-11,17-18H2,1-3H3,(H,28,32)/t20-/m1/s1. The summed E-state index contributed by atoms with van der Waals surface area (Å²) in [4.78, 5) is 28.2. The number of anilines is 1. The van der Waals surface area contributed by atoms with Gasteiger partial charge in [0.1, 0.15) is 12.6 Å². The van der Waals surface area contributed by atoms with Gasteiger partial charge in [-0.05, 0) is 56.5 Å². The zero-order chi connectivity index (χ0) is 25.6. The molecule has 2 amide bonds. The van der Waals surface area contributed by atoms with Crippen LogP contribution in [0, 0.1) is 6.92 Å². The van der Waals surface area contributed by atoms with Crippen LogP contribution in [-0.2, 0) is 26.2 Å². The minimum atomic E-state index is -3.73. The van der Waals surface area contributed by atoms with Gasteiger partial charge in [0.05, 0.1) is 11.9 Å². The summed E-state index contributed by atoms with van der Waals surface area (Å²) >= 11 is 3.45. The van der Waals surface area contributed by atoms with Gasteiger partial charge < -0.3 is 10.2 Å². The molecule has 0 heterocycles. The summed E-state index contributed by atoms with van der Waals surface area (Å²) in [6.07, 6.45) is 6.30. The van der Waals surface area contributed by atoms with E-state index in [-0.39, 0.29) is 18.5 Å². The number of carbonyl (C=O) groups excluding carboxylic acids is 2. The van der Waals surface area contributed by atoms with Gasteiger partial charge in [-0.2, -0.15) is 0 Å². The highest BCUT2D eigenvalue weighted by Crippen LogP contribution is 2.21. The first-order chi connectivity index (χ1) is 16.5. The van der Waals surface area contributed by atoms with E-state index in [4.69, 9.17) is 0 Å². The van der Waals surface area contributed by atoms with Gasteiger partial charge in [-0.15, -0.1) is 0 Å². The van der Waals surface area contributed by atoms with E-state index in [1.807, 2.05) is 31.2 Å². The van der Waals surface area contributed by atoms with Gasteiger partial charge in [0.2, 0.25) is 21.8 Å². The second-order valence-electron chi connectivity index (χ2n) is 9.28. The number of aryl methyl sites for hydroxylation is 1. The fourth-order valence-electron chi connectivity index (χ4n) is 4.31. The number of sulfonamides is 1. The number of hydrogen-bond acceptors (Lipinski definition) is 4. The number of halogens is 1. The monoisotopic (exact) mass is 563 g/mol. The Bertz CT molecular complexity index is 1130. The molecular formula is C26H34BrN3O4S. The zero-order valence-corrected chi connectivity index (χ0v) is 22.9. The van der Waals surface area contributed by atoms with E-state index in [1.165, 1.54) is 11.3 Å². The van der Waals surface area contributed by atoms with E-state index in [9.17, 15) is 18.0 Å². The molecule has 0 saturated heterocycles. The molecule has 7 nitrogen and oxygen atoms in total. The van der Waals surface area contributed by atoms with Crippen LogP contribution in [0.1, 0.15) is 50.2 Å². The lowest BCUT2D eigenvalue weighted by atomic mass is 9.95. The number of amides is 2. The minimum absolute atomic E-state index is 0.113. The normalized spacial score (nSPS) is 15.3. The van der Waals surface area contributed by atoms with Gasteiger partial charge in [-0.3, -0.25) is 13.9 Å². The Kier molecular flexibility index (Phi) is 9.35. The summed E-state index contributed by atoms with van der Waals surface area (Å²) in [5, 5.41) is 3.10. The van der Waals surface area contributed by atoms with E-state index in [0.29, 0.717) is 5.69 Å². The van der Waals surface area contributed by atoms with Crippen molar-refractivity contribution >= 4 is 43.5 Å². The second kappa shape index (κ2) is 12.0. The zero-order valence-electron chi connectivity index (χ0n) is 20.5. The number of nitrogens with one attached hydrogen (secondary N) is 1. The lowest BCUT2D eigenvalue weighted by molar-refractivity contribution is -0.139. The minimum Gasteiger partial charge on any atom is -0.352 e. The van der Waals surface area contributed by atoms with Crippen LogP contribution in [0.2, 0.25) is 0 Å². The average Bonchev–Trinajstić information content (AvgIpc) is 2.81.